The standard InChI is InChI=1S/C12H17ClN2O/c1-3-9-12(13)10(15(2)14-9)7-8-5-4-6-11(8)16/h8H,3-7H2,1-2H3. The number of hydrogen-bond donors (Lipinski definition) is 0. The van der Waals surface area contributed by atoms with Crippen LogP contribution in [0.5, 0.6) is 0 Å². The van der Waals surface area contributed by atoms with Gasteiger partial charge in [-0.1, -0.05) is 18.5 Å². The zero-order chi connectivity index (χ0) is 11.7. The number of nitrogens with zero attached hydrogens (tertiary/aromatic N) is 2. The molecule has 0 radical (unpaired) electrons. The van der Waals surface area contributed by atoms with Crippen molar-refractivity contribution in [1.82, 2.24) is 9.78 Å². The van der Waals surface area contributed by atoms with E-state index in [-0.39, 0.29) is 5.92 Å². The molecular weight excluding hydrogens is 224 g/mol. The molecule has 0 amide bonds. The van der Waals surface area contributed by atoms with Crippen LogP contribution in [-0.2, 0) is 24.7 Å². The molecule has 2 rings (SSSR count). The van der Waals surface area contributed by atoms with Gasteiger partial charge >= 0.3 is 0 Å². The van der Waals surface area contributed by atoms with E-state index >= 15 is 0 Å². The minimum Gasteiger partial charge on any atom is -0.299 e. The van der Waals surface area contributed by atoms with Crippen LogP contribution in [0.15, 0.2) is 0 Å². The number of halogens is 1. The fourth-order valence-electron chi connectivity index (χ4n) is 2.38. The van der Waals surface area contributed by atoms with Gasteiger partial charge in [-0.25, -0.2) is 0 Å². The van der Waals surface area contributed by atoms with Crippen molar-refractivity contribution in [1.29, 1.82) is 0 Å². The highest BCUT2D eigenvalue weighted by Crippen LogP contribution is 2.29. The molecule has 1 atom stereocenters. The molecule has 1 fully saturated rings. The first kappa shape index (κ1) is 11.6. The number of ketones is 1. The van der Waals surface area contributed by atoms with Gasteiger partial charge in [-0.05, 0) is 19.3 Å². The second-order valence-electron chi connectivity index (χ2n) is 4.44. The zero-order valence-electron chi connectivity index (χ0n) is 9.79. The molecule has 0 saturated heterocycles. The molecule has 1 aliphatic rings. The number of rotatable bonds is 3. The molecule has 3 nitrogen and oxygen atoms in total. The van der Waals surface area contributed by atoms with Crippen molar-refractivity contribution in [2.75, 3.05) is 0 Å². The molecule has 1 aromatic rings. The van der Waals surface area contributed by atoms with Gasteiger partial charge in [-0.3, -0.25) is 9.48 Å². The summed E-state index contributed by atoms with van der Waals surface area (Å²) in [5.41, 5.74) is 1.95. The summed E-state index contributed by atoms with van der Waals surface area (Å²) in [6.45, 7) is 2.04. The summed E-state index contributed by atoms with van der Waals surface area (Å²) in [5.74, 6) is 0.549. The first-order chi connectivity index (χ1) is 7.63. The normalized spacial score (nSPS) is 20.7. The van der Waals surface area contributed by atoms with Gasteiger partial charge in [-0.2, -0.15) is 5.10 Å². The lowest BCUT2D eigenvalue weighted by molar-refractivity contribution is -0.120. The summed E-state index contributed by atoms with van der Waals surface area (Å²) in [4.78, 5) is 11.6. The molecule has 0 spiro atoms. The molecule has 1 aromatic heterocycles. The molecule has 0 bridgehead atoms. The van der Waals surface area contributed by atoms with Gasteiger partial charge in [0.2, 0.25) is 0 Å². The summed E-state index contributed by atoms with van der Waals surface area (Å²) in [5, 5.41) is 5.12. The van der Waals surface area contributed by atoms with Gasteiger partial charge in [0.25, 0.3) is 0 Å². The average molecular weight is 241 g/mol. The van der Waals surface area contributed by atoms with Gasteiger partial charge in [-0.15, -0.1) is 0 Å². The molecule has 88 valence electrons. The molecule has 1 saturated carbocycles. The quantitative estimate of drug-likeness (QED) is 0.814. The van der Waals surface area contributed by atoms with Crippen molar-refractivity contribution in [2.45, 2.75) is 39.0 Å². The second-order valence-corrected chi connectivity index (χ2v) is 4.82. The number of carbonyl (C=O) groups excluding carboxylic acids is 1. The molecule has 1 unspecified atom stereocenters. The van der Waals surface area contributed by atoms with Crippen molar-refractivity contribution < 1.29 is 4.79 Å². The van der Waals surface area contributed by atoms with E-state index in [4.69, 9.17) is 11.6 Å². The van der Waals surface area contributed by atoms with Crippen molar-refractivity contribution in [3.63, 3.8) is 0 Å². The van der Waals surface area contributed by atoms with Gasteiger partial charge < -0.3 is 0 Å². The minimum absolute atomic E-state index is 0.164. The fraction of sp³-hybridized carbons (Fsp3) is 0.667. The molecule has 0 aromatic carbocycles. The Hall–Kier alpha value is -0.830. The lowest BCUT2D eigenvalue weighted by Crippen LogP contribution is -2.12. The van der Waals surface area contributed by atoms with Crippen LogP contribution >= 0.6 is 11.6 Å². The first-order valence-electron chi connectivity index (χ1n) is 5.86. The Labute approximate surface area is 101 Å². The third kappa shape index (κ3) is 2.01. The number of aromatic nitrogens is 2. The third-order valence-electron chi connectivity index (χ3n) is 3.37. The van der Waals surface area contributed by atoms with Gasteiger partial charge in [0.15, 0.2) is 0 Å². The maximum Gasteiger partial charge on any atom is 0.136 e. The first-order valence-corrected chi connectivity index (χ1v) is 6.24. The van der Waals surface area contributed by atoms with E-state index < -0.39 is 0 Å². The Kier molecular flexibility index (Phi) is 3.33. The molecule has 1 aliphatic carbocycles. The number of hydrogen-bond acceptors (Lipinski definition) is 2. The lowest BCUT2D eigenvalue weighted by Gasteiger charge is -2.08. The molecule has 1 heterocycles. The molecular formula is C12H17ClN2O. The number of aryl methyl sites for hydroxylation is 2. The summed E-state index contributed by atoms with van der Waals surface area (Å²) in [6.07, 6.45) is 4.36. The predicted molar refractivity (Wildman–Crippen MR) is 63.6 cm³/mol. The lowest BCUT2D eigenvalue weighted by atomic mass is 10.0. The van der Waals surface area contributed by atoms with Gasteiger partial charge in [0.05, 0.1) is 16.4 Å². The summed E-state index contributed by atoms with van der Waals surface area (Å²) in [6, 6.07) is 0. The highest BCUT2D eigenvalue weighted by molar-refractivity contribution is 6.31. The second kappa shape index (κ2) is 4.58. The molecule has 16 heavy (non-hydrogen) atoms. The molecule has 0 N–H and O–H groups in total. The Morgan fingerprint density at radius 1 is 1.56 bits per heavy atom. The average Bonchev–Trinajstić information content (AvgIpc) is 2.77. The van der Waals surface area contributed by atoms with Crippen LogP contribution in [0.2, 0.25) is 5.02 Å². The van der Waals surface area contributed by atoms with E-state index in [0.29, 0.717) is 5.78 Å². The van der Waals surface area contributed by atoms with Crippen molar-refractivity contribution in [3.05, 3.63) is 16.4 Å². The largest absolute Gasteiger partial charge is 0.299 e. The SMILES string of the molecule is CCc1nn(C)c(CC2CCCC2=O)c1Cl. The zero-order valence-corrected chi connectivity index (χ0v) is 10.5. The van der Waals surface area contributed by atoms with E-state index in [1.165, 1.54) is 0 Å². The maximum absolute atomic E-state index is 11.6. The predicted octanol–water partition coefficient (Wildman–Crippen LogP) is 2.55. The Balaban J connectivity index is 2.20. The Morgan fingerprint density at radius 2 is 2.31 bits per heavy atom. The summed E-state index contributed by atoms with van der Waals surface area (Å²) < 4.78 is 1.83. The smallest absolute Gasteiger partial charge is 0.136 e. The fourth-order valence-corrected chi connectivity index (χ4v) is 2.75. The van der Waals surface area contributed by atoms with Crippen molar-refractivity contribution in [2.24, 2.45) is 13.0 Å². The topological polar surface area (TPSA) is 34.9 Å². The van der Waals surface area contributed by atoms with Crippen molar-refractivity contribution in [3.8, 4) is 0 Å². The van der Waals surface area contributed by atoms with E-state index in [1.54, 1.807) is 0 Å². The van der Waals surface area contributed by atoms with Crippen LogP contribution in [0.1, 0.15) is 37.6 Å². The third-order valence-corrected chi connectivity index (χ3v) is 3.81. The van der Waals surface area contributed by atoms with Crippen LogP contribution < -0.4 is 0 Å². The molecule has 4 heteroatoms. The van der Waals surface area contributed by atoms with Crippen LogP contribution in [0.4, 0.5) is 0 Å². The van der Waals surface area contributed by atoms with Crippen LogP contribution in [0.3, 0.4) is 0 Å². The van der Waals surface area contributed by atoms with Crippen LogP contribution in [-0.4, -0.2) is 15.6 Å². The molecule has 0 aliphatic heterocycles. The minimum atomic E-state index is 0.164. The summed E-state index contributed by atoms with van der Waals surface area (Å²) >= 11 is 6.26. The van der Waals surface area contributed by atoms with E-state index in [2.05, 4.69) is 5.10 Å². The van der Waals surface area contributed by atoms with E-state index in [9.17, 15) is 4.79 Å². The monoisotopic (exact) mass is 240 g/mol. The Morgan fingerprint density at radius 3 is 2.81 bits per heavy atom. The Bertz CT molecular complexity index is 411. The highest BCUT2D eigenvalue weighted by atomic mass is 35.5. The van der Waals surface area contributed by atoms with Crippen LogP contribution in [0, 0.1) is 5.92 Å². The van der Waals surface area contributed by atoms with E-state index in [0.717, 1.165) is 48.5 Å². The van der Waals surface area contributed by atoms with Crippen LogP contribution in [0.25, 0.3) is 0 Å². The highest BCUT2D eigenvalue weighted by Gasteiger charge is 2.27. The van der Waals surface area contributed by atoms with Gasteiger partial charge in [0.1, 0.15) is 5.78 Å². The van der Waals surface area contributed by atoms with E-state index in [1.807, 2.05) is 18.7 Å². The van der Waals surface area contributed by atoms with Crippen molar-refractivity contribution >= 4 is 17.4 Å². The number of carbonyl (C=O) groups is 1. The summed E-state index contributed by atoms with van der Waals surface area (Å²) in [7, 11) is 1.90. The number of Topliss-reactive ketones (excluding diaryl/α,β-unsaturated/α-hetero) is 1. The maximum atomic E-state index is 11.6. The van der Waals surface area contributed by atoms with Gasteiger partial charge in [0, 0.05) is 25.8 Å².